The van der Waals surface area contributed by atoms with Crippen LogP contribution in [0.5, 0.6) is 0 Å². The van der Waals surface area contributed by atoms with Crippen molar-refractivity contribution < 1.29 is 22.4 Å². The summed E-state index contributed by atoms with van der Waals surface area (Å²) < 4.78 is 42.5. The maximum absolute atomic E-state index is 14.4. The van der Waals surface area contributed by atoms with Crippen molar-refractivity contribution in [2.45, 2.75) is 37.8 Å². The van der Waals surface area contributed by atoms with Crippen LogP contribution in [0.3, 0.4) is 0 Å². The minimum Gasteiger partial charge on any atom is -0.354 e. The Hall–Kier alpha value is -4.21. The molecule has 4 aromatic carbocycles. The standard InChI is InChI=1S/C34H35ClFN3O4S/c1-25(2)22-37-34(41)32(21-26-11-5-3-6-12-26)38(23-27-13-9-10-16-31(27)35)33(40)24-39(29-14-7-4-8-15-29)44(42,43)30-19-17-28(36)18-20-30/h3-20,25,32H,21-24H2,1-2H3,(H,37,41). The average Bonchev–Trinajstić information content (AvgIpc) is 3.02. The highest BCUT2D eigenvalue weighted by atomic mass is 35.5. The summed E-state index contributed by atoms with van der Waals surface area (Å²) in [7, 11) is -4.31. The number of hydrogen-bond donors (Lipinski definition) is 1. The number of hydrogen-bond acceptors (Lipinski definition) is 4. The zero-order valence-corrected chi connectivity index (χ0v) is 26.1. The molecule has 4 rings (SSSR count). The lowest BCUT2D eigenvalue weighted by Gasteiger charge is -2.34. The molecule has 0 aromatic heterocycles. The lowest BCUT2D eigenvalue weighted by atomic mass is 10.0. The van der Waals surface area contributed by atoms with Crippen molar-refractivity contribution in [2.75, 3.05) is 17.4 Å². The highest BCUT2D eigenvalue weighted by Crippen LogP contribution is 2.26. The van der Waals surface area contributed by atoms with Gasteiger partial charge in [0.05, 0.1) is 10.6 Å². The first-order chi connectivity index (χ1) is 21.1. The van der Waals surface area contributed by atoms with Crippen molar-refractivity contribution in [1.29, 1.82) is 0 Å². The molecule has 230 valence electrons. The summed E-state index contributed by atoms with van der Waals surface area (Å²) in [6.07, 6.45) is 0.191. The van der Waals surface area contributed by atoms with Crippen molar-refractivity contribution in [1.82, 2.24) is 10.2 Å². The molecule has 2 amide bonds. The van der Waals surface area contributed by atoms with Crippen LogP contribution in [-0.4, -0.2) is 44.3 Å². The first-order valence-corrected chi connectivity index (χ1v) is 16.1. The van der Waals surface area contributed by atoms with E-state index in [1.165, 1.54) is 4.90 Å². The Kier molecular flexibility index (Phi) is 11.1. The molecule has 1 unspecified atom stereocenters. The topological polar surface area (TPSA) is 86.8 Å². The Balaban J connectivity index is 1.79. The number of nitrogens with one attached hydrogen (secondary N) is 1. The third-order valence-electron chi connectivity index (χ3n) is 6.98. The van der Waals surface area contributed by atoms with Gasteiger partial charge in [-0.05, 0) is 59.5 Å². The van der Waals surface area contributed by atoms with E-state index >= 15 is 0 Å². The second-order valence-corrected chi connectivity index (χ2v) is 13.0. The Bertz CT molecular complexity index is 1650. The van der Waals surface area contributed by atoms with E-state index < -0.39 is 34.3 Å². The number of nitrogens with zero attached hydrogens (tertiary/aromatic N) is 2. The average molecular weight is 636 g/mol. The molecule has 0 heterocycles. The van der Waals surface area contributed by atoms with Gasteiger partial charge in [0.1, 0.15) is 18.4 Å². The Morgan fingerprint density at radius 1 is 0.841 bits per heavy atom. The number of para-hydroxylation sites is 1. The van der Waals surface area contributed by atoms with E-state index in [1.807, 2.05) is 44.2 Å². The molecule has 1 N–H and O–H groups in total. The summed E-state index contributed by atoms with van der Waals surface area (Å²) in [6, 6.07) is 27.9. The van der Waals surface area contributed by atoms with E-state index in [4.69, 9.17) is 11.6 Å². The fraction of sp³-hybridized carbons (Fsp3) is 0.235. The van der Waals surface area contributed by atoms with Crippen molar-refractivity contribution in [3.8, 4) is 0 Å². The number of halogens is 2. The van der Waals surface area contributed by atoms with Crippen LogP contribution in [0.25, 0.3) is 0 Å². The maximum Gasteiger partial charge on any atom is 0.264 e. The second-order valence-electron chi connectivity index (χ2n) is 10.8. The number of carbonyl (C=O) groups is 2. The number of sulfonamides is 1. The molecule has 0 radical (unpaired) electrons. The van der Waals surface area contributed by atoms with Crippen LogP contribution in [-0.2, 0) is 32.6 Å². The molecular weight excluding hydrogens is 601 g/mol. The molecule has 0 aliphatic carbocycles. The predicted octanol–water partition coefficient (Wildman–Crippen LogP) is 6.09. The lowest BCUT2D eigenvalue weighted by molar-refractivity contribution is -0.140. The van der Waals surface area contributed by atoms with Crippen LogP contribution < -0.4 is 9.62 Å². The molecule has 0 fully saturated rings. The fourth-order valence-electron chi connectivity index (χ4n) is 4.64. The normalized spacial score (nSPS) is 12.0. The van der Waals surface area contributed by atoms with Crippen LogP contribution in [0.4, 0.5) is 10.1 Å². The van der Waals surface area contributed by atoms with Gasteiger partial charge in [0.15, 0.2) is 0 Å². The summed E-state index contributed by atoms with van der Waals surface area (Å²) in [5.74, 6) is -1.40. The van der Waals surface area contributed by atoms with E-state index in [1.54, 1.807) is 54.6 Å². The zero-order chi connectivity index (χ0) is 31.7. The molecule has 44 heavy (non-hydrogen) atoms. The predicted molar refractivity (Wildman–Crippen MR) is 171 cm³/mol. The molecule has 4 aromatic rings. The van der Waals surface area contributed by atoms with E-state index in [-0.39, 0.29) is 35.4 Å². The van der Waals surface area contributed by atoms with Crippen LogP contribution in [0.2, 0.25) is 5.02 Å². The second kappa shape index (κ2) is 15.0. The first-order valence-electron chi connectivity index (χ1n) is 14.2. The first kappa shape index (κ1) is 32.7. The molecular formula is C34H35ClFN3O4S. The molecule has 0 saturated carbocycles. The fourth-order valence-corrected chi connectivity index (χ4v) is 6.25. The van der Waals surface area contributed by atoms with Gasteiger partial charge >= 0.3 is 0 Å². The molecule has 0 aliphatic heterocycles. The van der Waals surface area contributed by atoms with E-state index in [0.717, 1.165) is 34.1 Å². The van der Waals surface area contributed by atoms with Gasteiger partial charge in [-0.2, -0.15) is 0 Å². The van der Waals surface area contributed by atoms with Crippen LogP contribution in [0.15, 0.2) is 114 Å². The quantitative estimate of drug-likeness (QED) is 0.193. The van der Waals surface area contributed by atoms with Crippen molar-refractivity contribution in [3.63, 3.8) is 0 Å². The van der Waals surface area contributed by atoms with Gasteiger partial charge in [-0.25, -0.2) is 12.8 Å². The number of amides is 2. The van der Waals surface area contributed by atoms with Crippen LogP contribution in [0, 0.1) is 11.7 Å². The van der Waals surface area contributed by atoms with Gasteiger partial charge in [0.25, 0.3) is 10.0 Å². The van der Waals surface area contributed by atoms with Gasteiger partial charge in [0.2, 0.25) is 11.8 Å². The third kappa shape index (κ3) is 8.45. The number of rotatable bonds is 13. The minimum atomic E-state index is -4.31. The van der Waals surface area contributed by atoms with Gasteiger partial charge in [-0.3, -0.25) is 13.9 Å². The van der Waals surface area contributed by atoms with Crippen LogP contribution in [0.1, 0.15) is 25.0 Å². The van der Waals surface area contributed by atoms with Gasteiger partial charge in [-0.1, -0.05) is 92.2 Å². The number of benzene rings is 4. The Labute approximate surface area is 263 Å². The molecule has 0 spiro atoms. The summed E-state index contributed by atoms with van der Waals surface area (Å²) in [5.41, 5.74) is 1.67. The molecule has 10 heteroatoms. The van der Waals surface area contributed by atoms with E-state index in [2.05, 4.69) is 5.32 Å². The molecule has 1 atom stereocenters. The smallest absolute Gasteiger partial charge is 0.264 e. The highest BCUT2D eigenvalue weighted by molar-refractivity contribution is 7.92. The van der Waals surface area contributed by atoms with Crippen molar-refractivity contribution in [2.24, 2.45) is 5.92 Å². The largest absolute Gasteiger partial charge is 0.354 e. The minimum absolute atomic E-state index is 0.0374. The molecule has 0 aliphatic rings. The third-order valence-corrected chi connectivity index (χ3v) is 9.14. The van der Waals surface area contributed by atoms with Crippen LogP contribution >= 0.6 is 11.6 Å². The Morgan fingerprint density at radius 2 is 1.43 bits per heavy atom. The Morgan fingerprint density at radius 3 is 2.05 bits per heavy atom. The van der Waals surface area contributed by atoms with Gasteiger partial charge < -0.3 is 10.2 Å². The number of anilines is 1. The van der Waals surface area contributed by atoms with E-state index in [9.17, 15) is 22.4 Å². The lowest BCUT2D eigenvalue weighted by Crippen LogP contribution is -2.53. The molecule has 0 saturated heterocycles. The van der Waals surface area contributed by atoms with Gasteiger partial charge in [0, 0.05) is 24.5 Å². The monoisotopic (exact) mass is 635 g/mol. The van der Waals surface area contributed by atoms with Crippen molar-refractivity contribution >= 4 is 39.1 Å². The summed E-state index contributed by atoms with van der Waals surface area (Å²) in [4.78, 5) is 29.4. The summed E-state index contributed by atoms with van der Waals surface area (Å²) in [6.45, 7) is 3.68. The van der Waals surface area contributed by atoms with E-state index in [0.29, 0.717) is 17.1 Å². The molecule has 0 bridgehead atoms. The summed E-state index contributed by atoms with van der Waals surface area (Å²) in [5, 5.41) is 3.36. The highest BCUT2D eigenvalue weighted by Gasteiger charge is 2.35. The SMILES string of the molecule is CC(C)CNC(=O)C(Cc1ccccc1)N(Cc1ccccc1Cl)C(=O)CN(c1ccccc1)S(=O)(=O)c1ccc(F)cc1. The summed E-state index contributed by atoms with van der Waals surface area (Å²) >= 11 is 6.51. The molecule has 7 nitrogen and oxygen atoms in total. The zero-order valence-electron chi connectivity index (χ0n) is 24.6. The number of carbonyl (C=O) groups excluding carboxylic acids is 2. The maximum atomic E-state index is 14.4. The van der Waals surface area contributed by atoms with Crippen molar-refractivity contribution in [3.05, 3.63) is 131 Å². The van der Waals surface area contributed by atoms with Gasteiger partial charge in [-0.15, -0.1) is 0 Å².